The number of nitrogens with zero attached hydrogens (tertiary/aromatic N) is 5. The molecule has 0 aliphatic carbocycles. The van der Waals surface area contributed by atoms with Gasteiger partial charge in [0, 0.05) is 30.3 Å². The molecule has 228 valence electrons. The van der Waals surface area contributed by atoms with Crippen LogP contribution < -0.4 is 15.7 Å². The van der Waals surface area contributed by atoms with E-state index in [0.717, 1.165) is 10.2 Å². The van der Waals surface area contributed by atoms with E-state index < -0.39 is 23.5 Å². The molecule has 0 fully saturated rings. The number of aryl methyl sites for hydroxylation is 2. The van der Waals surface area contributed by atoms with E-state index in [4.69, 9.17) is 9.26 Å². The molecule has 13 heteroatoms. The van der Waals surface area contributed by atoms with Crippen LogP contribution in [0, 0.1) is 12.7 Å². The molecule has 0 bridgehead atoms. The van der Waals surface area contributed by atoms with E-state index in [1.54, 1.807) is 55.5 Å². The third kappa shape index (κ3) is 6.52. The summed E-state index contributed by atoms with van der Waals surface area (Å²) >= 11 is 0. The number of anilines is 1. The van der Waals surface area contributed by atoms with Crippen molar-refractivity contribution in [2.45, 2.75) is 26.3 Å². The van der Waals surface area contributed by atoms with Gasteiger partial charge in [-0.1, -0.05) is 30.3 Å². The third-order valence-corrected chi connectivity index (χ3v) is 6.90. The van der Waals surface area contributed by atoms with Gasteiger partial charge in [-0.3, -0.25) is 4.98 Å². The van der Waals surface area contributed by atoms with E-state index in [0.29, 0.717) is 35.9 Å². The predicted molar refractivity (Wildman–Crippen MR) is 161 cm³/mol. The molecule has 44 heavy (non-hydrogen) atoms. The fourth-order valence-electron chi connectivity index (χ4n) is 4.60. The summed E-state index contributed by atoms with van der Waals surface area (Å²) in [5, 5.41) is 21.4. The lowest BCUT2D eigenvalue weighted by atomic mass is 10.00. The van der Waals surface area contributed by atoms with Crippen molar-refractivity contribution in [3.63, 3.8) is 0 Å². The number of hydrogen-bond donors (Lipinski definition) is 3. The zero-order valence-electron chi connectivity index (χ0n) is 24.7. The van der Waals surface area contributed by atoms with Crippen LogP contribution in [0.4, 0.5) is 10.1 Å². The minimum atomic E-state index is -1.22. The number of para-hydroxylation sites is 1. The lowest BCUT2D eigenvalue weighted by Crippen LogP contribution is -2.21. The third-order valence-electron chi connectivity index (χ3n) is 6.90. The first-order chi connectivity index (χ1) is 21.1. The van der Waals surface area contributed by atoms with E-state index in [2.05, 4.69) is 25.5 Å². The van der Waals surface area contributed by atoms with Crippen molar-refractivity contribution < 1.29 is 23.6 Å². The van der Waals surface area contributed by atoms with Gasteiger partial charge < -0.3 is 24.6 Å². The number of aromatic carboxylic acids is 1. The first-order valence-electron chi connectivity index (χ1n) is 13.9. The van der Waals surface area contributed by atoms with Gasteiger partial charge in [0.25, 0.3) is 0 Å². The van der Waals surface area contributed by atoms with Gasteiger partial charge in [0.15, 0.2) is 17.4 Å². The molecule has 2 aromatic heterocycles. The number of nitrogens with one attached hydrogen (secondary N) is 2. The molecule has 1 atom stereocenters. The molecule has 2 heterocycles. The van der Waals surface area contributed by atoms with Crippen LogP contribution in [-0.4, -0.2) is 68.1 Å². The Morgan fingerprint density at radius 3 is 2.59 bits per heavy atom. The fourth-order valence-corrected chi connectivity index (χ4v) is 4.60. The van der Waals surface area contributed by atoms with Gasteiger partial charge in [0.1, 0.15) is 12.6 Å². The Labute approximate surface area is 252 Å². The molecular weight excluding hydrogens is 569 g/mol. The van der Waals surface area contributed by atoms with Gasteiger partial charge in [0.05, 0.1) is 11.3 Å². The van der Waals surface area contributed by atoms with Gasteiger partial charge in [-0.05, 0) is 68.5 Å². The SMILES string of the molecule is CCc1cc(OCCN(C)C)c(F)c(C(Nc2ccc(-c3noc(C)n3)cc2)c2nn(-c3ccccc3C(=O)O)c(=O)[nH]2)c1. The molecule has 0 radical (unpaired) electrons. The topological polar surface area (TPSA) is 151 Å². The van der Waals surface area contributed by atoms with Crippen LogP contribution in [0.2, 0.25) is 0 Å². The first-order valence-corrected chi connectivity index (χ1v) is 13.9. The number of aromatic nitrogens is 5. The highest BCUT2D eigenvalue weighted by Crippen LogP contribution is 2.33. The lowest BCUT2D eigenvalue weighted by molar-refractivity contribution is 0.0696. The van der Waals surface area contributed by atoms with Gasteiger partial charge >= 0.3 is 11.7 Å². The Morgan fingerprint density at radius 2 is 1.93 bits per heavy atom. The summed E-state index contributed by atoms with van der Waals surface area (Å²) in [6.45, 7) is 4.49. The quantitative estimate of drug-likeness (QED) is 0.187. The molecule has 12 nitrogen and oxygen atoms in total. The average molecular weight is 602 g/mol. The highest BCUT2D eigenvalue weighted by atomic mass is 19.1. The highest BCUT2D eigenvalue weighted by molar-refractivity contribution is 5.91. The van der Waals surface area contributed by atoms with Gasteiger partial charge in [-0.15, -0.1) is 5.10 Å². The molecule has 0 saturated heterocycles. The molecule has 3 aromatic carbocycles. The molecule has 0 aliphatic rings. The standard InChI is InChI=1S/C31H32FN7O5/c1-5-19-16-23(26(32)25(17-19)43-15-14-38(3)4)27(34-21-12-10-20(11-13-21)28-33-18(2)44-37-28)29-35-31(42)39(36-29)24-9-7-6-8-22(24)30(40)41/h6-13,16-17,27,34H,5,14-15H2,1-4H3,(H,40,41)(H,35,36,42). The highest BCUT2D eigenvalue weighted by Gasteiger charge is 2.27. The van der Waals surface area contributed by atoms with Crippen molar-refractivity contribution in [2.75, 3.05) is 32.6 Å². The number of rotatable bonds is 12. The van der Waals surface area contributed by atoms with E-state index in [-0.39, 0.29) is 35.0 Å². The zero-order chi connectivity index (χ0) is 31.4. The van der Waals surface area contributed by atoms with Crippen molar-refractivity contribution in [1.82, 2.24) is 29.8 Å². The fraction of sp³-hybridized carbons (Fsp3) is 0.258. The summed E-state index contributed by atoms with van der Waals surface area (Å²) in [4.78, 5) is 33.9. The molecule has 3 N–H and O–H groups in total. The van der Waals surface area contributed by atoms with E-state index in [1.807, 2.05) is 25.9 Å². The maximum absolute atomic E-state index is 16.2. The maximum atomic E-state index is 16.2. The van der Waals surface area contributed by atoms with Crippen molar-refractivity contribution in [2.24, 2.45) is 0 Å². The van der Waals surface area contributed by atoms with Gasteiger partial charge in [-0.25, -0.2) is 14.0 Å². The minimum Gasteiger partial charge on any atom is -0.489 e. The largest absolute Gasteiger partial charge is 0.489 e. The number of carboxylic acid groups (broad SMARTS) is 1. The maximum Gasteiger partial charge on any atom is 0.348 e. The van der Waals surface area contributed by atoms with Crippen molar-refractivity contribution >= 4 is 11.7 Å². The van der Waals surface area contributed by atoms with Crippen LogP contribution in [0.5, 0.6) is 5.75 Å². The molecule has 0 amide bonds. The van der Waals surface area contributed by atoms with E-state index in [1.165, 1.54) is 12.1 Å². The molecular formula is C31H32FN7O5. The van der Waals surface area contributed by atoms with Crippen molar-refractivity contribution in [1.29, 1.82) is 0 Å². The van der Waals surface area contributed by atoms with Crippen molar-refractivity contribution in [3.05, 3.63) is 105 Å². The molecule has 0 aliphatic heterocycles. The normalized spacial score (nSPS) is 12.0. The number of likely N-dealkylation sites (N-methyl/N-ethyl adjacent to an activating group) is 1. The second kappa shape index (κ2) is 12.9. The molecule has 5 aromatic rings. The number of hydrogen-bond acceptors (Lipinski definition) is 9. The van der Waals surface area contributed by atoms with E-state index >= 15 is 4.39 Å². The summed E-state index contributed by atoms with van der Waals surface area (Å²) in [5.74, 6) is -0.829. The summed E-state index contributed by atoms with van der Waals surface area (Å²) in [5.41, 5.74) is 1.57. The molecule has 0 spiro atoms. The number of ether oxygens (including phenoxy) is 1. The second-order valence-corrected chi connectivity index (χ2v) is 10.3. The summed E-state index contributed by atoms with van der Waals surface area (Å²) in [6.07, 6.45) is 0.597. The molecule has 5 rings (SSSR count). The zero-order valence-corrected chi connectivity index (χ0v) is 24.7. The van der Waals surface area contributed by atoms with Crippen LogP contribution in [0.3, 0.4) is 0 Å². The van der Waals surface area contributed by atoms with Crippen LogP contribution in [0.25, 0.3) is 17.1 Å². The van der Waals surface area contributed by atoms with E-state index in [9.17, 15) is 14.7 Å². The number of halogens is 1. The monoisotopic (exact) mass is 601 g/mol. The number of carboxylic acids is 1. The number of aromatic amines is 1. The Balaban J connectivity index is 1.60. The summed E-state index contributed by atoms with van der Waals surface area (Å²) < 4.78 is 28.1. The number of benzene rings is 3. The molecule has 1 unspecified atom stereocenters. The Morgan fingerprint density at radius 1 is 1.18 bits per heavy atom. The van der Waals surface area contributed by atoms with Crippen LogP contribution in [-0.2, 0) is 6.42 Å². The number of carbonyl (C=O) groups is 1. The van der Waals surface area contributed by atoms with Crippen LogP contribution in [0.1, 0.15) is 46.2 Å². The summed E-state index contributed by atoms with van der Waals surface area (Å²) in [7, 11) is 3.79. The van der Waals surface area contributed by atoms with Crippen molar-refractivity contribution in [3.8, 4) is 22.8 Å². The Hall–Kier alpha value is -5.30. The second-order valence-electron chi connectivity index (χ2n) is 10.3. The lowest BCUT2D eigenvalue weighted by Gasteiger charge is -2.21. The number of H-pyrrole nitrogens is 1. The molecule has 0 saturated carbocycles. The van der Waals surface area contributed by atoms with Gasteiger partial charge in [-0.2, -0.15) is 9.67 Å². The smallest absolute Gasteiger partial charge is 0.348 e. The Kier molecular flexibility index (Phi) is 8.86. The van der Waals surface area contributed by atoms with Crippen LogP contribution >= 0.6 is 0 Å². The Bertz CT molecular complexity index is 1830. The van der Waals surface area contributed by atoms with Crippen LogP contribution in [0.15, 0.2) is 70.0 Å². The minimum absolute atomic E-state index is 0.0689. The average Bonchev–Trinajstić information content (AvgIpc) is 3.62. The first kappa shape index (κ1) is 30.2. The predicted octanol–water partition coefficient (Wildman–Crippen LogP) is 4.46. The summed E-state index contributed by atoms with van der Waals surface area (Å²) in [6, 6.07) is 15.5. The van der Waals surface area contributed by atoms with Gasteiger partial charge in [0.2, 0.25) is 11.7 Å².